The predicted octanol–water partition coefficient (Wildman–Crippen LogP) is 4.89. The number of nitrogens with zero attached hydrogens (tertiary/aromatic N) is 3. The van der Waals surface area contributed by atoms with Crippen molar-refractivity contribution in [3.63, 3.8) is 0 Å². The van der Waals surface area contributed by atoms with Crippen molar-refractivity contribution >= 4 is 34.5 Å². The first-order chi connectivity index (χ1) is 15.2. The van der Waals surface area contributed by atoms with Crippen molar-refractivity contribution in [3.8, 4) is 0 Å². The van der Waals surface area contributed by atoms with Crippen molar-refractivity contribution in [1.29, 1.82) is 0 Å². The second-order valence-corrected chi connectivity index (χ2v) is 9.38. The highest BCUT2D eigenvalue weighted by atomic mass is 32.1. The third-order valence-corrected chi connectivity index (χ3v) is 7.27. The molecule has 2 fully saturated rings. The topological polar surface area (TPSA) is 65.5 Å². The number of amides is 2. The van der Waals surface area contributed by atoms with E-state index in [9.17, 15) is 9.59 Å². The quantitative estimate of drug-likeness (QED) is 0.694. The average Bonchev–Trinajstić information content (AvgIpc) is 3.31. The van der Waals surface area contributed by atoms with E-state index in [2.05, 4.69) is 21.3 Å². The Bertz CT molecular complexity index is 898. The predicted molar refractivity (Wildman–Crippen MR) is 126 cm³/mol. The average molecular weight is 441 g/mol. The first-order valence-electron chi connectivity index (χ1n) is 11.5. The third-order valence-electron chi connectivity index (χ3n) is 6.26. The van der Waals surface area contributed by atoms with Crippen molar-refractivity contribution in [2.75, 3.05) is 36.4 Å². The first kappa shape index (κ1) is 21.8. The maximum absolute atomic E-state index is 12.9. The summed E-state index contributed by atoms with van der Waals surface area (Å²) in [5.41, 5.74) is 2.43. The molecule has 4 rings (SSSR count). The Morgan fingerprint density at radius 2 is 1.84 bits per heavy atom. The van der Waals surface area contributed by atoms with Gasteiger partial charge < -0.3 is 15.1 Å². The number of carbonyl (C=O) groups is 2. The smallest absolute Gasteiger partial charge is 0.275 e. The Hall–Kier alpha value is -2.41. The van der Waals surface area contributed by atoms with Crippen LogP contribution in [0.5, 0.6) is 0 Å². The maximum Gasteiger partial charge on any atom is 0.275 e. The zero-order valence-corrected chi connectivity index (χ0v) is 19.1. The van der Waals surface area contributed by atoms with Gasteiger partial charge >= 0.3 is 0 Å². The van der Waals surface area contributed by atoms with Crippen LogP contribution in [-0.2, 0) is 4.79 Å². The second kappa shape index (κ2) is 10.3. The van der Waals surface area contributed by atoms with E-state index >= 15 is 0 Å². The molecule has 2 saturated heterocycles. The van der Waals surface area contributed by atoms with Crippen molar-refractivity contribution in [2.24, 2.45) is 0 Å². The highest BCUT2D eigenvalue weighted by Crippen LogP contribution is 2.32. The van der Waals surface area contributed by atoms with E-state index in [0.717, 1.165) is 61.8 Å². The van der Waals surface area contributed by atoms with Crippen LogP contribution in [0.1, 0.15) is 73.3 Å². The van der Waals surface area contributed by atoms with Gasteiger partial charge in [-0.25, -0.2) is 4.98 Å². The zero-order valence-electron chi connectivity index (χ0n) is 18.3. The Balaban J connectivity index is 1.38. The highest BCUT2D eigenvalue weighted by molar-refractivity contribution is 7.10. The fourth-order valence-corrected chi connectivity index (χ4v) is 5.47. The minimum absolute atomic E-state index is 0.150. The van der Waals surface area contributed by atoms with Gasteiger partial charge in [0.2, 0.25) is 5.91 Å². The lowest BCUT2D eigenvalue weighted by molar-refractivity contribution is -0.132. The molecule has 1 N–H and O–H groups in total. The van der Waals surface area contributed by atoms with Gasteiger partial charge in [-0.15, -0.1) is 11.3 Å². The largest absolute Gasteiger partial charge is 0.370 e. The molecule has 2 aliphatic heterocycles. The summed E-state index contributed by atoms with van der Waals surface area (Å²) in [7, 11) is 0. The lowest BCUT2D eigenvalue weighted by Gasteiger charge is -2.31. The normalized spacial score (nSPS) is 17.6. The molecule has 6 nitrogen and oxygen atoms in total. The summed E-state index contributed by atoms with van der Waals surface area (Å²) in [6, 6.07) is 8.04. The van der Waals surface area contributed by atoms with Gasteiger partial charge in [-0.05, 0) is 50.7 Å². The number of benzene rings is 1. The minimum Gasteiger partial charge on any atom is -0.370 e. The molecule has 0 aliphatic carbocycles. The first-order valence-corrected chi connectivity index (χ1v) is 12.4. The van der Waals surface area contributed by atoms with Gasteiger partial charge in [0, 0.05) is 43.9 Å². The number of thiazole rings is 1. The molecule has 1 aromatic carbocycles. The van der Waals surface area contributed by atoms with Crippen molar-refractivity contribution < 1.29 is 9.59 Å². The zero-order chi connectivity index (χ0) is 21.6. The van der Waals surface area contributed by atoms with Crippen LogP contribution in [0.15, 0.2) is 29.6 Å². The molecule has 0 radical (unpaired) electrons. The van der Waals surface area contributed by atoms with Gasteiger partial charge in [0.05, 0.1) is 16.4 Å². The monoisotopic (exact) mass is 440 g/mol. The molecular formula is C24H32N4O2S. The number of piperidine rings is 2. The Labute approximate surface area is 188 Å². The molecule has 3 heterocycles. The van der Waals surface area contributed by atoms with Crippen LogP contribution in [0, 0.1) is 0 Å². The molecule has 1 aromatic heterocycles. The van der Waals surface area contributed by atoms with Gasteiger partial charge in [0.15, 0.2) is 0 Å². The van der Waals surface area contributed by atoms with Gasteiger partial charge in [-0.1, -0.05) is 19.1 Å². The molecule has 0 unspecified atom stereocenters. The van der Waals surface area contributed by atoms with E-state index in [0.29, 0.717) is 18.0 Å². The molecule has 0 atom stereocenters. The summed E-state index contributed by atoms with van der Waals surface area (Å²) in [5.74, 6) is 0.438. The van der Waals surface area contributed by atoms with E-state index in [1.165, 1.54) is 19.3 Å². The minimum atomic E-state index is -0.150. The molecule has 2 aromatic rings. The van der Waals surface area contributed by atoms with E-state index < -0.39 is 0 Å². The third kappa shape index (κ3) is 5.26. The number of rotatable bonds is 6. The molecule has 0 bridgehead atoms. The lowest BCUT2D eigenvalue weighted by Crippen LogP contribution is -2.37. The standard InChI is InChI=1S/C24H32N4O2S/c1-2-8-22(29)28-15-11-18(12-16-28)24-26-20(17-31-24)23(30)25-19-9-4-5-10-21(19)27-13-6-3-7-14-27/h4-5,9-10,17-18H,2-3,6-8,11-16H2,1H3,(H,25,30). The number of hydrogen-bond donors (Lipinski definition) is 1. The van der Waals surface area contributed by atoms with Crippen LogP contribution >= 0.6 is 11.3 Å². The van der Waals surface area contributed by atoms with Crippen molar-refractivity contribution in [1.82, 2.24) is 9.88 Å². The van der Waals surface area contributed by atoms with E-state index in [1.54, 1.807) is 11.3 Å². The molecular weight excluding hydrogens is 408 g/mol. The summed E-state index contributed by atoms with van der Waals surface area (Å²) >= 11 is 1.56. The van der Waals surface area contributed by atoms with Crippen molar-refractivity contribution in [3.05, 3.63) is 40.3 Å². The molecule has 31 heavy (non-hydrogen) atoms. The van der Waals surface area contributed by atoms with E-state index in [-0.39, 0.29) is 11.8 Å². The Kier molecular flexibility index (Phi) is 7.22. The SMILES string of the molecule is CCCC(=O)N1CCC(c2nc(C(=O)Nc3ccccc3N3CCCCC3)cs2)CC1. The highest BCUT2D eigenvalue weighted by Gasteiger charge is 2.26. The molecule has 0 saturated carbocycles. The van der Waals surface area contributed by atoms with Crippen LogP contribution in [0.3, 0.4) is 0 Å². The molecule has 166 valence electrons. The van der Waals surface area contributed by atoms with Gasteiger partial charge in [-0.2, -0.15) is 0 Å². The summed E-state index contributed by atoms with van der Waals surface area (Å²) in [4.78, 5) is 34.0. The number of anilines is 2. The van der Waals surface area contributed by atoms with Gasteiger partial charge in [-0.3, -0.25) is 9.59 Å². The van der Waals surface area contributed by atoms with Crippen LogP contribution < -0.4 is 10.2 Å². The summed E-state index contributed by atoms with van der Waals surface area (Å²) in [6.45, 7) is 5.68. The van der Waals surface area contributed by atoms with E-state index in [1.807, 2.05) is 35.4 Å². The summed E-state index contributed by atoms with van der Waals surface area (Å²) < 4.78 is 0. The second-order valence-electron chi connectivity index (χ2n) is 8.50. The summed E-state index contributed by atoms with van der Waals surface area (Å²) in [6.07, 6.45) is 7.03. The number of aromatic nitrogens is 1. The fourth-order valence-electron chi connectivity index (χ4n) is 4.50. The van der Waals surface area contributed by atoms with Crippen LogP contribution in [0.25, 0.3) is 0 Å². The Morgan fingerprint density at radius 3 is 2.58 bits per heavy atom. The molecule has 2 amide bonds. The maximum atomic E-state index is 12.9. The van der Waals surface area contributed by atoms with Gasteiger partial charge in [0.25, 0.3) is 5.91 Å². The number of nitrogens with one attached hydrogen (secondary N) is 1. The lowest BCUT2D eigenvalue weighted by atomic mass is 9.97. The number of hydrogen-bond acceptors (Lipinski definition) is 5. The fraction of sp³-hybridized carbons (Fsp3) is 0.542. The van der Waals surface area contributed by atoms with Crippen molar-refractivity contribution in [2.45, 2.75) is 57.8 Å². The number of likely N-dealkylation sites (tertiary alicyclic amines) is 1. The van der Waals surface area contributed by atoms with Crippen LogP contribution in [-0.4, -0.2) is 47.9 Å². The Morgan fingerprint density at radius 1 is 1.10 bits per heavy atom. The molecule has 7 heteroatoms. The van der Waals surface area contributed by atoms with E-state index in [4.69, 9.17) is 0 Å². The molecule has 2 aliphatic rings. The summed E-state index contributed by atoms with van der Waals surface area (Å²) in [5, 5.41) is 5.96. The van der Waals surface area contributed by atoms with Crippen LogP contribution in [0.2, 0.25) is 0 Å². The number of para-hydroxylation sites is 2. The van der Waals surface area contributed by atoms with Crippen LogP contribution in [0.4, 0.5) is 11.4 Å². The molecule has 0 spiro atoms. The number of carbonyl (C=O) groups excluding carboxylic acids is 2. The van der Waals surface area contributed by atoms with Gasteiger partial charge in [0.1, 0.15) is 5.69 Å².